The Morgan fingerprint density at radius 3 is 3.00 bits per heavy atom. The second-order valence-corrected chi connectivity index (χ2v) is 5.20. The van der Waals surface area contributed by atoms with Gasteiger partial charge in [-0.1, -0.05) is 12.1 Å². The molecule has 1 aliphatic heterocycles. The summed E-state index contributed by atoms with van der Waals surface area (Å²) in [6.07, 6.45) is 0. The molecule has 0 unspecified atom stereocenters. The number of benzene rings is 1. The molecule has 0 saturated carbocycles. The van der Waals surface area contributed by atoms with Crippen molar-refractivity contribution >= 4 is 38.7 Å². The summed E-state index contributed by atoms with van der Waals surface area (Å²) in [6, 6.07) is 7.32. The number of carbonyl (C=O) groups excluding carboxylic acids is 2. The molecule has 2 amide bonds. The van der Waals surface area contributed by atoms with Crippen LogP contribution in [0.3, 0.4) is 0 Å². The van der Waals surface area contributed by atoms with Crippen molar-refractivity contribution in [2.45, 2.75) is 0 Å². The van der Waals surface area contributed by atoms with Gasteiger partial charge in [0.15, 0.2) is 5.76 Å². The Morgan fingerprint density at radius 1 is 1.42 bits per heavy atom. The number of rotatable bonds is 1. The van der Waals surface area contributed by atoms with Crippen LogP contribution in [0.25, 0.3) is 11.0 Å². The van der Waals surface area contributed by atoms with Gasteiger partial charge in [-0.25, -0.2) is 0 Å². The van der Waals surface area contributed by atoms with Crippen LogP contribution in [0, 0.1) is 0 Å². The standard InChI is InChI=1S/C13H11BrN2O3/c14-9-3-1-2-8-6-10(19-12(8)9)13(18)16-5-4-15-11(17)7-16/h1-3,6H,4-5,7H2,(H,15,17). The molecule has 1 N–H and O–H groups in total. The first kappa shape index (κ1) is 12.2. The zero-order chi connectivity index (χ0) is 13.4. The number of hydrogen-bond acceptors (Lipinski definition) is 3. The predicted molar refractivity (Wildman–Crippen MR) is 72.8 cm³/mol. The molecular weight excluding hydrogens is 312 g/mol. The Morgan fingerprint density at radius 2 is 2.26 bits per heavy atom. The molecule has 1 aromatic heterocycles. The highest BCUT2D eigenvalue weighted by Gasteiger charge is 2.25. The zero-order valence-electron chi connectivity index (χ0n) is 9.98. The third-order valence-corrected chi connectivity index (χ3v) is 3.66. The molecule has 2 heterocycles. The van der Waals surface area contributed by atoms with E-state index in [-0.39, 0.29) is 24.1 Å². The second-order valence-electron chi connectivity index (χ2n) is 4.35. The van der Waals surface area contributed by atoms with Gasteiger partial charge in [-0.3, -0.25) is 9.59 Å². The molecule has 0 aliphatic carbocycles. The minimum atomic E-state index is -0.252. The molecule has 3 rings (SSSR count). The molecule has 2 aromatic rings. The summed E-state index contributed by atoms with van der Waals surface area (Å²) in [5.41, 5.74) is 0.646. The summed E-state index contributed by atoms with van der Waals surface area (Å²) in [4.78, 5) is 25.0. The molecule has 0 bridgehead atoms. The van der Waals surface area contributed by atoms with Crippen molar-refractivity contribution < 1.29 is 14.0 Å². The molecule has 0 radical (unpaired) electrons. The molecule has 5 nitrogen and oxygen atoms in total. The lowest BCUT2D eigenvalue weighted by Gasteiger charge is -2.25. The van der Waals surface area contributed by atoms with E-state index in [1.165, 1.54) is 4.90 Å². The maximum Gasteiger partial charge on any atom is 0.290 e. The van der Waals surface area contributed by atoms with Gasteiger partial charge in [0.2, 0.25) is 5.91 Å². The highest BCUT2D eigenvalue weighted by Crippen LogP contribution is 2.27. The maximum atomic E-state index is 12.3. The van der Waals surface area contributed by atoms with Gasteiger partial charge in [-0.05, 0) is 28.1 Å². The molecule has 6 heteroatoms. The molecule has 98 valence electrons. The number of carbonyl (C=O) groups is 2. The molecule has 0 spiro atoms. The van der Waals surface area contributed by atoms with Crippen LogP contribution in [0.15, 0.2) is 33.2 Å². The first-order chi connectivity index (χ1) is 9.15. The third-order valence-electron chi connectivity index (χ3n) is 3.03. The Balaban J connectivity index is 1.93. The fraction of sp³-hybridized carbons (Fsp3) is 0.231. The summed E-state index contributed by atoms with van der Waals surface area (Å²) in [5.74, 6) is -0.133. The topological polar surface area (TPSA) is 62.6 Å². The largest absolute Gasteiger partial charge is 0.450 e. The van der Waals surface area contributed by atoms with E-state index in [4.69, 9.17) is 4.42 Å². The van der Waals surface area contributed by atoms with Crippen molar-refractivity contribution in [3.63, 3.8) is 0 Å². The van der Waals surface area contributed by atoms with Crippen LogP contribution < -0.4 is 5.32 Å². The number of halogens is 1. The lowest BCUT2D eigenvalue weighted by Crippen LogP contribution is -2.49. The van der Waals surface area contributed by atoms with Crippen LogP contribution in [-0.4, -0.2) is 36.3 Å². The van der Waals surface area contributed by atoms with Gasteiger partial charge in [0.25, 0.3) is 5.91 Å². The lowest BCUT2D eigenvalue weighted by atomic mass is 10.2. The summed E-state index contributed by atoms with van der Waals surface area (Å²) >= 11 is 3.38. The minimum Gasteiger partial charge on any atom is -0.450 e. The minimum absolute atomic E-state index is 0.0804. The fourth-order valence-electron chi connectivity index (χ4n) is 2.10. The van der Waals surface area contributed by atoms with Crippen molar-refractivity contribution in [3.05, 3.63) is 34.5 Å². The van der Waals surface area contributed by atoms with Crippen molar-refractivity contribution in [2.24, 2.45) is 0 Å². The number of para-hydroxylation sites is 1. The van der Waals surface area contributed by atoms with Crippen LogP contribution in [0.5, 0.6) is 0 Å². The van der Waals surface area contributed by atoms with Gasteiger partial charge in [-0.15, -0.1) is 0 Å². The Labute approximate surface area is 117 Å². The summed E-state index contributed by atoms with van der Waals surface area (Å²) < 4.78 is 6.39. The number of piperazine rings is 1. The second kappa shape index (κ2) is 4.70. The lowest BCUT2D eigenvalue weighted by molar-refractivity contribution is -0.123. The van der Waals surface area contributed by atoms with E-state index in [1.54, 1.807) is 6.07 Å². The van der Waals surface area contributed by atoms with Crippen LogP contribution in [0.4, 0.5) is 0 Å². The molecule has 0 atom stereocenters. The van der Waals surface area contributed by atoms with Gasteiger partial charge in [0.1, 0.15) is 12.1 Å². The summed E-state index contributed by atoms with van der Waals surface area (Å²) in [7, 11) is 0. The van der Waals surface area contributed by atoms with Crippen molar-refractivity contribution in [3.8, 4) is 0 Å². The van der Waals surface area contributed by atoms with Crippen LogP contribution in [-0.2, 0) is 4.79 Å². The number of nitrogens with one attached hydrogen (secondary N) is 1. The van der Waals surface area contributed by atoms with E-state index in [9.17, 15) is 9.59 Å². The third kappa shape index (κ3) is 2.23. The summed E-state index contributed by atoms with van der Waals surface area (Å²) in [6.45, 7) is 1.06. The van der Waals surface area contributed by atoms with Gasteiger partial charge in [0, 0.05) is 18.5 Å². The van der Waals surface area contributed by atoms with Crippen LogP contribution >= 0.6 is 15.9 Å². The van der Waals surface area contributed by atoms with E-state index >= 15 is 0 Å². The van der Waals surface area contributed by atoms with E-state index in [2.05, 4.69) is 21.2 Å². The van der Waals surface area contributed by atoms with E-state index in [1.807, 2.05) is 18.2 Å². The Hall–Kier alpha value is -1.82. The molecule has 1 aliphatic rings. The normalized spacial score (nSPS) is 15.6. The molecular formula is C13H11BrN2O3. The highest BCUT2D eigenvalue weighted by atomic mass is 79.9. The smallest absolute Gasteiger partial charge is 0.290 e. The Kier molecular flexibility index (Phi) is 3.02. The molecule has 19 heavy (non-hydrogen) atoms. The van der Waals surface area contributed by atoms with Crippen molar-refractivity contribution in [2.75, 3.05) is 19.6 Å². The average molecular weight is 323 g/mol. The van der Waals surface area contributed by atoms with Gasteiger partial charge in [0.05, 0.1) is 4.47 Å². The Bertz CT molecular complexity index is 665. The van der Waals surface area contributed by atoms with Gasteiger partial charge in [-0.2, -0.15) is 0 Å². The van der Waals surface area contributed by atoms with Gasteiger partial charge < -0.3 is 14.6 Å². The zero-order valence-corrected chi connectivity index (χ0v) is 11.6. The van der Waals surface area contributed by atoms with Gasteiger partial charge >= 0.3 is 0 Å². The van der Waals surface area contributed by atoms with Crippen LogP contribution in [0.1, 0.15) is 10.6 Å². The molecule has 1 aromatic carbocycles. The van der Waals surface area contributed by atoms with Crippen molar-refractivity contribution in [1.29, 1.82) is 0 Å². The quantitative estimate of drug-likeness (QED) is 0.870. The first-order valence-electron chi connectivity index (χ1n) is 5.89. The monoisotopic (exact) mass is 322 g/mol. The number of amides is 2. The van der Waals surface area contributed by atoms with E-state index in [0.717, 1.165) is 9.86 Å². The predicted octanol–water partition coefficient (Wildman–Crippen LogP) is 1.77. The fourth-order valence-corrected chi connectivity index (χ4v) is 2.56. The number of hydrogen-bond donors (Lipinski definition) is 1. The highest BCUT2D eigenvalue weighted by molar-refractivity contribution is 9.10. The molecule has 1 fully saturated rings. The summed E-state index contributed by atoms with van der Waals surface area (Å²) in [5, 5.41) is 3.54. The van der Waals surface area contributed by atoms with E-state index in [0.29, 0.717) is 18.7 Å². The van der Waals surface area contributed by atoms with Crippen molar-refractivity contribution in [1.82, 2.24) is 10.2 Å². The maximum absolute atomic E-state index is 12.3. The first-order valence-corrected chi connectivity index (χ1v) is 6.68. The number of furan rings is 1. The van der Waals surface area contributed by atoms with E-state index < -0.39 is 0 Å². The average Bonchev–Trinajstić information content (AvgIpc) is 2.83. The molecule has 1 saturated heterocycles. The number of nitrogens with zero attached hydrogens (tertiary/aromatic N) is 1. The number of fused-ring (bicyclic) bond motifs is 1. The SMILES string of the molecule is O=C1CN(C(=O)c2cc3cccc(Br)c3o2)CCN1. The van der Waals surface area contributed by atoms with Crippen LogP contribution in [0.2, 0.25) is 0 Å².